The Morgan fingerprint density at radius 3 is 2.66 bits per heavy atom. The SMILES string of the molecule is C=CC1=C[C@@H](n2ncc3c(N(C(=O)O)C(=O)OC(C)(C)C)ncnc32)[C@@H]2OC(C)(C)O[C@H]12. The van der Waals surface area contributed by atoms with E-state index >= 15 is 0 Å². The average Bonchev–Trinajstić information content (AvgIpc) is 3.30. The number of nitrogens with zero attached hydrogens (tertiary/aromatic N) is 5. The van der Waals surface area contributed by atoms with E-state index in [0.29, 0.717) is 10.5 Å². The zero-order valence-electron chi connectivity index (χ0n) is 18.5. The maximum atomic E-state index is 12.6. The zero-order valence-corrected chi connectivity index (χ0v) is 18.5. The van der Waals surface area contributed by atoms with Crippen molar-refractivity contribution in [2.45, 2.75) is 64.3 Å². The van der Waals surface area contributed by atoms with Crippen LogP contribution in [-0.4, -0.2) is 60.6 Å². The minimum atomic E-state index is -1.53. The average molecular weight is 443 g/mol. The molecule has 3 atom stereocenters. The number of ether oxygens (including phenoxy) is 3. The summed E-state index contributed by atoms with van der Waals surface area (Å²) in [5, 5.41) is 14.4. The summed E-state index contributed by atoms with van der Waals surface area (Å²) in [6.45, 7) is 12.4. The Morgan fingerprint density at radius 1 is 1.31 bits per heavy atom. The van der Waals surface area contributed by atoms with Gasteiger partial charge in [0, 0.05) is 0 Å². The maximum absolute atomic E-state index is 12.6. The summed E-state index contributed by atoms with van der Waals surface area (Å²) in [5.41, 5.74) is 0.311. The molecule has 0 bridgehead atoms. The number of amides is 2. The van der Waals surface area contributed by atoms with Crippen molar-refractivity contribution in [2.24, 2.45) is 0 Å². The van der Waals surface area contributed by atoms with Crippen LogP contribution in [-0.2, 0) is 14.2 Å². The predicted molar refractivity (Wildman–Crippen MR) is 113 cm³/mol. The molecule has 1 saturated heterocycles. The Bertz CT molecular complexity index is 1130. The lowest BCUT2D eigenvalue weighted by Gasteiger charge is -2.24. The van der Waals surface area contributed by atoms with Gasteiger partial charge in [-0.3, -0.25) is 0 Å². The fourth-order valence-electron chi connectivity index (χ4n) is 3.89. The molecule has 2 aromatic rings. The molecule has 32 heavy (non-hydrogen) atoms. The molecule has 0 unspecified atom stereocenters. The second-order valence-electron chi connectivity index (χ2n) is 9.00. The van der Waals surface area contributed by atoms with Crippen molar-refractivity contribution in [3.63, 3.8) is 0 Å². The number of rotatable bonds is 3. The van der Waals surface area contributed by atoms with Gasteiger partial charge in [-0.05, 0) is 40.2 Å². The van der Waals surface area contributed by atoms with Gasteiger partial charge in [0.05, 0.1) is 11.6 Å². The minimum Gasteiger partial charge on any atom is -0.464 e. The standard InChI is InChI=1S/C21H25N5O6/c1-7-11-8-13(15-14(11)30-21(5,6)31-15)26-17-12(9-24-26)16(22-10-23-17)25(18(27)28)19(29)32-20(2,3)4/h7-10,13-15H,1H2,2-6H3,(H,27,28)/t13-,14-,15+/m1/s1. The summed E-state index contributed by atoms with van der Waals surface area (Å²) in [6.07, 6.45) is 2.94. The van der Waals surface area contributed by atoms with Crippen LogP contribution in [0.1, 0.15) is 40.7 Å². The molecule has 1 aliphatic heterocycles. The van der Waals surface area contributed by atoms with Gasteiger partial charge in [-0.25, -0.2) is 24.2 Å². The van der Waals surface area contributed by atoms with Crippen LogP contribution in [0, 0.1) is 0 Å². The largest absolute Gasteiger partial charge is 0.464 e. The topological polar surface area (TPSA) is 129 Å². The van der Waals surface area contributed by atoms with Crippen molar-refractivity contribution >= 4 is 29.0 Å². The van der Waals surface area contributed by atoms with Crippen LogP contribution >= 0.6 is 0 Å². The number of carboxylic acid groups (broad SMARTS) is 1. The van der Waals surface area contributed by atoms with Gasteiger partial charge in [0.1, 0.15) is 30.2 Å². The molecule has 11 heteroatoms. The molecule has 2 aliphatic rings. The minimum absolute atomic E-state index is 0.144. The van der Waals surface area contributed by atoms with Crippen molar-refractivity contribution in [3.05, 3.63) is 36.8 Å². The molecule has 3 heterocycles. The van der Waals surface area contributed by atoms with E-state index in [2.05, 4.69) is 21.6 Å². The monoisotopic (exact) mass is 443 g/mol. The number of hydrogen-bond acceptors (Lipinski definition) is 8. The second kappa shape index (κ2) is 7.38. The molecule has 0 aromatic carbocycles. The van der Waals surface area contributed by atoms with E-state index in [1.165, 1.54) is 12.5 Å². The Morgan fingerprint density at radius 2 is 2.03 bits per heavy atom. The lowest BCUT2D eigenvalue weighted by atomic mass is 10.1. The molecule has 2 aromatic heterocycles. The molecular formula is C21H25N5O6. The molecule has 0 saturated carbocycles. The van der Waals surface area contributed by atoms with Crippen LogP contribution < -0.4 is 4.90 Å². The first-order valence-electron chi connectivity index (χ1n) is 10.1. The molecule has 170 valence electrons. The van der Waals surface area contributed by atoms with Crippen LogP contribution in [0.5, 0.6) is 0 Å². The first kappa shape index (κ1) is 21.9. The third-order valence-electron chi connectivity index (χ3n) is 5.02. The summed E-state index contributed by atoms with van der Waals surface area (Å²) >= 11 is 0. The van der Waals surface area contributed by atoms with E-state index in [9.17, 15) is 14.7 Å². The normalized spacial score (nSPS) is 24.2. The molecule has 1 N–H and O–H groups in total. The summed E-state index contributed by atoms with van der Waals surface area (Å²) < 4.78 is 18.9. The number of anilines is 1. The van der Waals surface area contributed by atoms with Crippen LogP contribution in [0.4, 0.5) is 15.4 Å². The Balaban J connectivity index is 1.77. The highest BCUT2D eigenvalue weighted by Gasteiger charge is 2.50. The Hall–Kier alpha value is -3.31. The highest BCUT2D eigenvalue weighted by atomic mass is 16.8. The molecule has 11 nitrogen and oxygen atoms in total. The number of carbonyl (C=O) groups is 2. The highest BCUT2D eigenvalue weighted by Crippen LogP contribution is 2.44. The van der Waals surface area contributed by atoms with Crippen LogP contribution in [0.2, 0.25) is 0 Å². The highest BCUT2D eigenvalue weighted by molar-refractivity contribution is 6.12. The molecule has 2 amide bonds. The van der Waals surface area contributed by atoms with Gasteiger partial charge in [0.15, 0.2) is 17.3 Å². The number of hydrogen-bond donors (Lipinski definition) is 1. The molecule has 4 rings (SSSR count). The number of fused-ring (bicyclic) bond motifs is 2. The first-order valence-corrected chi connectivity index (χ1v) is 10.1. The van der Waals surface area contributed by atoms with Crippen LogP contribution in [0.15, 0.2) is 36.8 Å². The predicted octanol–water partition coefficient (Wildman–Crippen LogP) is 3.43. The van der Waals surface area contributed by atoms with E-state index in [1.54, 1.807) is 31.5 Å². The van der Waals surface area contributed by atoms with E-state index in [-0.39, 0.29) is 29.5 Å². The molecule has 1 fully saturated rings. The van der Waals surface area contributed by atoms with E-state index in [4.69, 9.17) is 14.2 Å². The van der Waals surface area contributed by atoms with E-state index in [0.717, 1.165) is 5.57 Å². The van der Waals surface area contributed by atoms with E-state index in [1.807, 2.05) is 19.9 Å². The maximum Gasteiger partial charge on any atom is 0.425 e. The van der Waals surface area contributed by atoms with Gasteiger partial charge < -0.3 is 19.3 Å². The van der Waals surface area contributed by atoms with E-state index < -0.39 is 23.6 Å². The Kier molecular flexibility index (Phi) is 5.05. The lowest BCUT2D eigenvalue weighted by molar-refractivity contribution is -0.147. The van der Waals surface area contributed by atoms with Gasteiger partial charge >= 0.3 is 12.2 Å². The number of aromatic nitrogens is 4. The first-order chi connectivity index (χ1) is 14.9. The number of imide groups is 1. The third kappa shape index (κ3) is 3.73. The fraction of sp³-hybridized carbons (Fsp3) is 0.476. The molecular weight excluding hydrogens is 418 g/mol. The summed E-state index contributed by atoms with van der Waals surface area (Å²) in [5.74, 6) is -0.926. The van der Waals surface area contributed by atoms with Crippen molar-refractivity contribution in [1.82, 2.24) is 19.7 Å². The van der Waals surface area contributed by atoms with Gasteiger partial charge in [0.2, 0.25) is 0 Å². The Labute approximate surface area is 184 Å². The lowest BCUT2D eigenvalue weighted by Crippen LogP contribution is -2.40. The van der Waals surface area contributed by atoms with Gasteiger partial charge in [-0.15, -0.1) is 0 Å². The van der Waals surface area contributed by atoms with Crippen molar-refractivity contribution in [2.75, 3.05) is 4.90 Å². The zero-order chi connectivity index (χ0) is 23.4. The summed E-state index contributed by atoms with van der Waals surface area (Å²) in [6, 6.07) is -0.380. The molecule has 0 radical (unpaired) electrons. The second-order valence-corrected chi connectivity index (χ2v) is 9.00. The summed E-state index contributed by atoms with van der Waals surface area (Å²) in [7, 11) is 0. The van der Waals surface area contributed by atoms with Crippen molar-refractivity contribution in [1.29, 1.82) is 0 Å². The van der Waals surface area contributed by atoms with Crippen molar-refractivity contribution < 1.29 is 28.9 Å². The van der Waals surface area contributed by atoms with Gasteiger partial charge in [0.25, 0.3) is 0 Å². The third-order valence-corrected chi connectivity index (χ3v) is 5.02. The van der Waals surface area contributed by atoms with Crippen molar-refractivity contribution in [3.8, 4) is 0 Å². The number of carbonyl (C=O) groups excluding carboxylic acids is 1. The fourth-order valence-corrected chi connectivity index (χ4v) is 3.89. The summed E-state index contributed by atoms with van der Waals surface area (Å²) in [4.78, 5) is 33.3. The quantitative estimate of drug-likeness (QED) is 0.758. The molecule has 0 spiro atoms. The smallest absolute Gasteiger partial charge is 0.425 e. The van der Waals surface area contributed by atoms with Gasteiger partial charge in [-0.1, -0.05) is 18.7 Å². The molecule has 1 aliphatic carbocycles. The van der Waals surface area contributed by atoms with Crippen LogP contribution in [0.3, 0.4) is 0 Å². The van der Waals surface area contributed by atoms with Gasteiger partial charge in [-0.2, -0.15) is 10.00 Å². The van der Waals surface area contributed by atoms with Crippen LogP contribution in [0.25, 0.3) is 11.0 Å².